The lowest BCUT2D eigenvalue weighted by molar-refractivity contribution is 0.0463. The van der Waals surface area contributed by atoms with E-state index in [0.29, 0.717) is 11.3 Å². The molecule has 0 bridgehead atoms. The number of rotatable bonds is 5. The standard InChI is InChI=1S/C26H26N4O2S/c1-15-8-9-18(12-16(15)2)21-6-4-5-7-22(21)25(32)29-11-10-19(29)13-20-14-28-26-30(20)17(3)23(33-26)24(27)31/h4-9,12,14,19H,10-11,13H2,1-3H3,(H2,27,31). The van der Waals surface area contributed by atoms with Crippen LogP contribution < -0.4 is 5.73 Å². The van der Waals surface area contributed by atoms with E-state index >= 15 is 0 Å². The molecule has 0 aliphatic carbocycles. The predicted molar refractivity (Wildman–Crippen MR) is 131 cm³/mol. The Morgan fingerprint density at radius 3 is 2.61 bits per heavy atom. The van der Waals surface area contributed by atoms with Gasteiger partial charge in [0.15, 0.2) is 4.96 Å². The summed E-state index contributed by atoms with van der Waals surface area (Å²) in [5, 5.41) is 0. The predicted octanol–water partition coefficient (Wildman–Crippen LogP) is 4.54. The molecule has 7 heteroatoms. The van der Waals surface area contributed by atoms with Crippen LogP contribution in [0.4, 0.5) is 0 Å². The van der Waals surface area contributed by atoms with E-state index < -0.39 is 5.91 Å². The minimum Gasteiger partial charge on any atom is -0.365 e. The number of aryl methyl sites for hydroxylation is 3. The van der Waals surface area contributed by atoms with Crippen molar-refractivity contribution in [3.8, 4) is 11.1 Å². The molecular formula is C26H26N4O2S. The Kier molecular flexibility index (Phi) is 5.29. The van der Waals surface area contributed by atoms with E-state index in [-0.39, 0.29) is 11.9 Å². The fraction of sp³-hybridized carbons (Fsp3) is 0.269. The number of aromatic nitrogens is 2. The topological polar surface area (TPSA) is 80.7 Å². The second-order valence-corrected chi connectivity index (χ2v) is 9.72. The van der Waals surface area contributed by atoms with Gasteiger partial charge in [-0.3, -0.25) is 14.0 Å². The SMILES string of the molecule is Cc1ccc(-c2ccccc2C(=O)N2CCC2Cc2cnc3sc(C(N)=O)c(C)n23)cc1C. The minimum atomic E-state index is -0.433. The van der Waals surface area contributed by atoms with Crippen LogP contribution >= 0.6 is 11.3 Å². The number of nitrogens with two attached hydrogens (primary N) is 1. The molecular weight excluding hydrogens is 432 g/mol. The number of amides is 2. The molecule has 1 atom stereocenters. The Bertz CT molecular complexity index is 1400. The third-order valence-electron chi connectivity index (χ3n) is 6.71. The maximum absolute atomic E-state index is 13.6. The maximum Gasteiger partial charge on any atom is 0.260 e. The Balaban J connectivity index is 1.42. The van der Waals surface area contributed by atoms with Crippen LogP contribution in [0.15, 0.2) is 48.7 Å². The summed E-state index contributed by atoms with van der Waals surface area (Å²) in [6.45, 7) is 6.81. The monoisotopic (exact) mass is 458 g/mol. The summed E-state index contributed by atoms with van der Waals surface area (Å²) >= 11 is 1.31. The Hall–Kier alpha value is -3.45. The number of hydrogen-bond donors (Lipinski definition) is 1. The van der Waals surface area contributed by atoms with Crippen LogP contribution in [0.2, 0.25) is 0 Å². The van der Waals surface area contributed by atoms with E-state index in [1.807, 2.05) is 46.7 Å². The normalized spacial score (nSPS) is 15.6. The van der Waals surface area contributed by atoms with Gasteiger partial charge >= 0.3 is 0 Å². The minimum absolute atomic E-state index is 0.0562. The van der Waals surface area contributed by atoms with Gasteiger partial charge in [0.2, 0.25) is 0 Å². The Labute approximate surface area is 196 Å². The highest BCUT2D eigenvalue weighted by Gasteiger charge is 2.34. The number of thiazole rings is 1. The highest BCUT2D eigenvalue weighted by atomic mass is 32.1. The number of carbonyl (C=O) groups excluding carboxylic acids is 2. The van der Waals surface area contributed by atoms with Gasteiger partial charge in [-0.2, -0.15) is 0 Å². The summed E-state index contributed by atoms with van der Waals surface area (Å²) in [4.78, 5) is 33.0. The van der Waals surface area contributed by atoms with Gasteiger partial charge in [0.1, 0.15) is 4.88 Å². The van der Waals surface area contributed by atoms with Crippen LogP contribution in [0.3, 0.4) is 0 Å². The van der Waals surface area contributed by atoms with E-state index in [2.05, 4.69) is 37.0 Å². The molecule has 33 heavy (non-hydrogen) atoms. The lowest BCUT2D eigenvalue weighted by Gasteiger charge is -2.41. The van der Waals surface area contributed by atoms with Crippen molar-refractivity contribution >= 4 is 28.1 Å². The smallest absolute Gasteiger partial charge is 0.260 e. The summed E-state index contributed by atoms with van der Waals surface area (Å²) in [6.07, 6.45) is 3.47. The molecule has 1 fully saturated rings. The summed E-state index contributed by atoms with van der Waals surface area (Å²) in [5.74, 6) is -0.377. The summed E-state index contributed by atoms with van der Waals surface area (Å²) in [7, 11) is 0. The fourth-order valence-electron chi connectivity index (χ4n) is 4.59. The third-order valence-corrected chi connectivity index (χ3v) is 7.88. The first kappa shape index (κ1) is 21.4. The lowest BCUT2D eigenvalue weighted by atomic mass is 9.92. The summed E-state index contributed by atoms with van der Waals surface area (Å²) < 4.78 is 1.99. The van der Waals surface area contributed by atoms with Gasteiger partial charge in [-0.05, 0) is 55.5 Å². The van der Waals surface area contributed by atoms with Crippen LogP contribution in [-0.4, -0.2) is 38.7 Å². The average Bonchev–Trinajstić information content (AvgIpc) is 3.33. The molecule has 2 amide bonds. The molecule has 3 heterocycles. The van der Waals surface area contributed by atoms with Crippen molar-refractivity contribution < 1.29 is 9.59 Å². The molecule has 6 nitrogen and oxygen atoms in total. The highest BCUT2D eigenvalue weighted by molar-refractivity contribution is 7.19. The first-order valence-electron chi connectivity index (χ1n) is 11.1. The van der Waals surface area contributed by atoms with Gasteiger partial charge < -0.3 is 10.6 Å². The molecule has 1 aliphatic heterocycles. The Morgan fingerprint density at radius 2 is 1.91 bits per heavy atom. The van der Waals surface area contributed by atoms with Gasteiger partial charge in [-0.1, -0.05) is 47.7 Å². The Morgan fingerprint density at radius 1 is 1.12 bits per heavy atom. The number of nitrogens with zero attached hydrogens (tertiary/aromatic N) is 3. The third kappa shape index (κ3) is 3.62. The molecule has 2 aromatic heterocycles. The number of imidazole rings is 1. The van der Waals surface area contributed by atoms with Crippen LogP contribution in [0, 0.1) is 20.8 Å². The zero-order valence-electron chi connectivity index (χ0n) is 19.0. The van der Waals surface area contributed by atoms with E-state index in [4.69, 9.17) is 5.73 Å². The van der Waals surface area contributed by atoms with Crippen LogP contribution in [-0.2, 0) is 6.42 Å². The van der Waals surface area contributed by atoms with Crippen LogP contribution in [0.25, 0.3) is 16.1 Å². The van der Waals surface area contributed by atoms with Gasteiger partial charge in [0.05, 0.1) is 6.20 Å². The van der Waals surface area contributed by atoms with Crippen molar-refractivity contribution in [2.75, 3.05) is 6.54 Å². The number of primary amides is 1. The van der Waals surface area contributed by atoms with Gasteiger partial charge in [-0.25, -0.2) is 4.98 Å². The number of carbonyl (C=O) groups is 2. The number of likely N-dealkylation sites (tertiary alicyclic amines) is 1. The highest BCUT2D eigenvalue weighted by Crippen LogP contribution is 2.31. The van der Waals surface area contributed by atoms with Crippen molar-refractivity contribution in [1.82, 2.24) is 14.3 Å². The van der Waals surface area contributed by atoms with Crippen molar-refractivity contribution in [2.24, 2.45) is 5.73 Å². The molecule has 4 aromatic rings. The number of fused-ring (bicyclic) bond motifs is 1. The fourth-order valence-corrected chi connectivity index (χ4v) is 5.56. The molecule has 0 radical (unpaired) electrons. The van der Waals surface area contributed by atoms with Crippen molar-refractivity contribution in [3.63, 3.8) is 0 Å². The second-order valence-electron chi connectivity index (χ2n) is 8.74. The second kappa shape index (κ2) is 8.15. The number of hydrogen-bond acceptors (Lipinski definition) is 4. The van der Waals surface area contributed by atoms with Gasteiger partial charge in [-0.15, -0.1) is 0 Å². The zero-order valence-corrected chi connectivity index (χ0v) is 19.8. The quantitative estimate of drug-likeness (QED) is 0.477. The molecule has 1 aliphatic rings. The maximum atomic E-state index is 13.6. The number of benzene rings is 2. The zero-order chi connectivity index (χ0) is 23.3. The molecule has 1 unspecified atom stereocenters. The molecule has 1 saturated heterocycles. The average molecular weight is 459 g/mol. The summed E-state index contributed by atoms with van der Waals surface area (Å²) in [6, 6.07) is 14.3. The largest absolute Gasteiger partial charge is 0.365 e. The van der Waals surface area contributed by atoms with E-state index in [9.17, 15) is 9.59 Å². The van der Waals surface area contributed by atoms with Crippen LogP contribution in [0.1, 0.15) is 49.0 Å². The van der Waals surface area contributed by atoms with Gasteiger partial charge in [0, 0.05) is 36.0 Å². The van der Waals surface area contributed by atoms with E-state index in [1.165, 1.54) is 22.5 Å². The van der Waals surface area contributed by atoms with Crippen molar-refractivity contribution in [2.45, 2.75) is 39.7 Å². The summed E-state index contributed by atoms with van der Waals surface area (Å²) in [5.41, 5.74) is 12.5. The van der Waals surface area contributed by atoms with E-state index in [0.717, 1.165) is 46.0 Å². The lowest BCUT2D eigenvalue weighted by Crippen LogP contribution is -2.52. The van der Waals surface area contributed by atoms with Crippen molar-refractivity contribution in [3.05, 3.63) is 81.6 Å². The molecule has 5 rings (SSSR count). The van der Waals surface area contributed by atoms with Crippen LogP contribution in [0.5, 0.6) is 0 Å². The van der Waals surface area contributed by atoms with Crippen molar-refractivity contribution in [1.29, 1.82) is 0 Å². The first-order chi connectivity index (χ1) is 15.8. The molecule has 2 aromatic carbocycles. The molecule has 0 saturated carbocycles. The van der Waals surface area contributed by atoms with E-state index in [1.54, 1.807) is 0 Å². The molecule has 168 valence electrons. The first-order valence-corrected chi connectivity index (χ1v) is 11.9. The van der Waals surface area contributed by atoms with Gasteiger partial charge in [0.25, 0.3) is 11.8 Å². The molecule has 0 spiro atoms. The molecule has 2 N–H and O–H groups in total.